The Hall–Kier alpha value is -0.900. The van der Waals surface area contributed by atoms with Gasteiger partial charge in [0.05, 0.1) is 10.6 Å². The zero-order valence-electron chi connectivity index (χ0n) is 11.1. The van der Waals surface area contributed by atoms with Crippen molar-refractivity contribution in [3.63, 3.8) is 0 Å². The summed E-state index contributed by atoms with van der Waals surface area (Å²) < 4.78 is 0. The number of anilines is 1. The predicted octanol–water partition coefficient (Wildman–Crippen LogP) is 3.46. The summed E-state index contributed by atoms with van der Waals surface area (Å²) >= 11 is 1.59. The third-order valence-electron chi connectivity index (χ3n) is 4.10. The van der Waals surface area contributed by atoms with Crippen molar-refractivity contribution in [3.8, 4) is 0 Å². The normalized spacial score (nSPS) is 28.4. The molecule has 1 saturated heterocycles. The average Bonchev–Trinajstić information content (AvgIpc) is 3.12. The van der Waals surface area contributed by atoms with Gasteiger partial charge in [-0.25, -0.2) is 4.98 Å². The first-order chi connectivity index (χ1) is 8.69. The monoisotopic (exact) mass is 264 g/mol. The molecule has 1 aliphatic carbocycles. The van der Waals surface area contributed by atoms with Gasteiger partial charge in [0.25, 0.3) is 0 Å². The lowest BCUT2D eigenvalue weighted by Crippen LogP contribution is -2.41. The molecule has 0 amide bonds. The molecule has 0 N–H and O–H groups in total. The Balaban J connectivity index is 1.88. The van der Waals surface area contributed by atoms with Crippen LogP contribution in [-0.4, -0.2) is 23.9 Å². The number of carbonyl (C=O) groups is 1. The molecule has 0 radical (unpaired) electrons. The minimum Gasteiger partial charge on any atom is -0.345 e. The number of nitrogens with zero attached hydrogens (tertiary/aromatic N) is 2. The fourth-order valence-electron chi connectivity index (χ4n) is 2.74. The largest absolute Gasteiger partial charge is 0.345 e. The lowest BCUT2D eigenvalue weighted by Gasteiger charge is -2.36. The lowest BCUT2D eigenvalue weighted by molar-refractivity contribution is 0.112. The van der Waals surface area contributed by atoms with Crippen molar-refractivity contribution < 1.29 is 4.79 Å². The Labute approximate surface area is 112 Å². The molecule has 18 heavy (non-hydrogen) atoms. The summed E-state index contributed by atoms with van der Waals surface area (Å²) in [6, 6.07) is 0.555. The molecule has 0 spiro atoms. The maximum absolute atomic E-state index is 11.2. The van der Waals surface area contributed by atoms with E-state index < -0.39 is 0 Å². The molecule has 1 saturated carbocycles. The smallest absolute Gasteiger partial charge is 0.186 e. The molecule has 3 rings (SSSR count). The molecule has 0 aromatic carbocycles. The van der Waals surface area contributed by atoms with Crippen LogP contribution in [-0.2, 0) is 0 Å². The molecule has 98 valence electrons. The van der Waals surface area contributed by atoms with Crippen LogP contribution in [0.25, 0.3) is 0 Å². The number of carbonyl (C=O) groups excluding carboxylic acids is 1. The van der Waals surface area contributed by atoms with E-state index in [1.54, 1.807) is 11.3 Å². The Morgan fingerprint density at radius 1 is 1.28 bits per heavy atom. The van der Waals surface area contributed by atoms with Gasteiger partial charge in [0.15, 0.2) is 11.4 Å². The SMILES string of the molecule is CC1CCC(C)N(c2nc(C3CC3)c(C=O)s2)C1. The first-order valence-electron chi connectivity index (χ1n) is 6.91. The maximum atomic E-state index is 11.2. The van der Waals surface area contributed by atoms with Crippen molar-refractivity contribution in [2.45, 2.75) is 51.5 Å². The van der Waals surface area contributed by atoms with E-state index in [0.29, 0.717) is 12.0 Å². The van der Waals surface area contributed by atoms with Crippen LogP contribution in [0.1, 0.15) is 60.8 Å². The molecule has 1 aliphatic heterocycles. The third kappa shape index (κ3) is 2.18. The highest BCUT2D eigenvalue weighted by Gasteiger charge is 2.32. The van der Waals surface area contributed by atoms with Crippen molar-refractivity contribution in [2.24, 2.45) is 5.92 Å². The Kier molecular flexibility index (Phi) is 3.14. The van der Waals surface area contributed by atoms with Gasteiger partial charge in [-0.15, -0.1) is 0 Å². The lowest BCUT2D eigenvalue weighted by atomic mass is 9.96. The molecule has 1 aromatic rings. The van der Waals surface area contributed by atoms with E-state index in [1.165, 1.54) is 25.7 Å². The number of hydrogen-bond acceptors (Lipinski definition) is 4. The van der Waals surface area contributed by atoms with E-state index in [2.05, 4.69) is 18.7 Å². The van der Waals surface area contributed by atoms with Crippen molar-refractivity contribution >= 4 is 22.8 Å². The van der Waals surface area contributed by atoms with E-state index >= 15 is 0 Å². The summed E-state index contributed by atoms with van der Waals surface area (Å²) in [5.74, 6) is 1.29. The van der Waals surface area contributed by atoms with Crippen LogP contribution in [0.2, 0.25) is 0 Å². The first kappa shape index (κ1) is 12.2. The van der Waals surface area contributed by atoms with Gasteiger partial charge in [0.1, 0.15) is 0 Å². The van der Waals surface area contributed by atoms with Crippen LogP contribution in [0, 0.1) is 5.92 Å². The number of piperidine rings is 1. The summed E-state index contributed by atoms with van der Waals surface area (Å²) in [6.45, 7) is 5.65. The zero-order valence-corrected chi connectivity index (χ0v) is 11.9. The first-order valence-corrected chi connectivity index (χ1v) is 7.73. The van der Waals surface area contributed by atoms with Gasteiger partial charge in [-0.2, -0.15) is 0 Å². The van der Waals surface area contributed by atoms with E-state index in [0.717, 1.165) is 34.5 Å². The fraction of sp³-hybridized carbons (Fsp3) is 0.714. The van der Waals surface area contributed by atoms with Crippen LogP contribution in [0.3, 0.4) is 0 Å². The van der Waals surface area contributed by atoms with Gasteiger partial charge < -0.3 is 4.90 Å². The van der Waals surface area contributed by atoms with Crippen LogP contribution in [0.5, 0.6) is 0 Å². The summed E-state index contributed by atoms with van der Waals surface area (Å²) in [5.41, 5.74) is 1.07. The highest BCUT2D eigenvalue weighted by molar-refractivity contribution is 7.17. The minimum atomic E-state index is 0.555. The van der Waals surface area contributed by atoms with Crippen molar-refractivity contribution in [1.82, 2.24) is 4.98 Å². The molecular formula is C14H20N2OS. The molecule has 2 unspecified atom stereocenters. The van der Waals surface area contributed by atoms with Crippen LogP contribution >= 0.6 is 11.3 Å². The summed E-state index contributed by atoms with van der Waals surface area (Å²) in [6.07, 6.45) is 5.94. The van der Waals surface area contributed by atoms with Gasteiger partial charge in [0, 0.05) is 18.5 Å². The quantitative estimate of drug-likeness (QED) is 0.784. The Morgan fingerprint density at radius 3 is 2.72 bits per heavy atom. The predicted molar refractivity (Wildman–Crippen MR) is 74.7 cm³/mol. The van der Waals surface area contributed by atoms with Crippen molar-refractivity contribution in [1.29, 1.82) is 0 Å². The highest BCUT2D eigenvalue weighted by atomic mass is 32.1. The second-order valence-corrected chi connectivity index (χ2v) is 6.83. The van der Waals surface area contributed by atoms with E-state index in [1.807, 2.05) is 0 Å². The second kappa shape index (κ2) is 4.65. The van der Waals surface area contributed by atoms with Gasteiger partial charge in [-0.05, 0) is 38.5 Å². The molecule has 2 fully saturated rings. The van der Waals surface area contributed by atoms with Gasteiger partial charge >= 0.3 is 0 Å². The Bertz CT molecular complexity index is 453. The summed E-state index contributed by atoms with van der Waals surface area (Å²) in [5, 5.41) is 1.07. The number of rotatable bonds is 3. The maximum Gasteiger partial charge on any atom is 0.186 e. The van der Waals surface area contributed by atoms with E-state index in [-0.39, 0.29) is 0 Å². The molecule has 2 aliphatic rings. The van der Waals surface area contributed by atoms with Crippen molar-refractivity contribution in [3.05, 3.63) is 10.6 Å². The Morgan fingerprint density at radius 2 is 2.06 bits per heavy atom. The standard InChI is InChI=1S/C14H20N2OS/c1-9-3-4-10(2)16(7-9)14-15-13(11-5-6-11)12(8-17)18-14/h8-11H,3-7H2,1-2H3. The topological polar surface area (TPSA) is 33.2 Å². The van der Waals surface area contributed by atoms with Gasteiger partial charge in [0.2, 0.25) is 0 Å². The molecule has 4 heteroatoms. The molecule has 2 atom stereocenters. The average molecular weight is 264 g/mol. The fourth-order valence-corrected chi connectivity index (χ4v) is 3.82. The highest BCUT2D eigenvalue weighted by Crippen LogP contribution is 2.44. The third-order valence-corrected chi connectivity index (χ3v) is 5.14. The molecule has 0 bridgehead atoms. The molecule has 3 nitrogen and oxygen atoms in total. The number of hydrogen-bond donors (Lipinski definition) is 0. The number of thiazole rings is 1. The van der Waals surface area contributed by atoms with Crippen LogP contribution < -0.4 is 4.90 Å². The second-order valence-electron chi connectivity index (χ2n) is 5.82. The van der Waals surface area contributed by atoms with Crippen LogP contribution in [0.15, 0.2) is 0 Å². The van der Waals surface area contributed by atoms with Crippen molar-refractivity contribution in [2.75, 3.05) is 11.4 Å². The van der Waals surface area contributed by atoms with Crippen LogP contribution in [0.4, 0.5) is 5.13 Å². The van der Waals surface area contributed by atoms with E-state index in [9.17, 15) is 4.79 Å². The molecular weight excluding hydrogens is 244 g/mol. The van der Waals surface area contributed by atoms with E-state index in [4.69, 9.17) is 4.98 Å². The number of aldehydes is 1. The number of aromatic nitrogens is 1. The molecule has 2 heterocycles. The minimum absolute atomic E-state index is 0.555. The van der Waals surface area contributed by atoms with Gasteiger partial charge in [-0.1, -0.05) is 18.3 Å². The summed E-state index contributed by atoms with van der Waals surface area (Å²) in [4.78, 5) is 19.2. The molecule has 1 aromatic heterocycles. The summed E-state index contributed by atoms with van der Waals surface area (Å²) in [7, 11) is 0. The van der Waals surface area contributed by atoms with Gasteiger partial charge in [-0.3, -0.25) is 4.79 Å². The zero-order chi connectivity index (χ0) is 12.7.